The molecule has 8 heteroatoms. The van der Waals surface area contributed by atoms with Crippen LogP contribution in [0.25, 0.3) is 0 Å². The molecule has 1 aromatic heterocycles. The molecule has 0 unspecified atom stereocenters. The third kappa shape index (κ3) is 5.20. The minimum Gasteiger partial charge on any atom is -0.444 e. The number of thioether (sulfide) groups is 1. The first-order valence-corrected chi connectivity index (χ1v) is 10.2. The maximum absolute atomic E-state index is 14.1. The van der Waals surface area contributed by atoms with Gasteiger partial charge in [-0.05, 0) is 52.5 Å². The monoisotopic (exact) mass is 403 g/mol. The third-order valence-electron chi connectivity index (χ3n) is 3.90. The average molecular weight is 404 g/mol. The Morgan fingerprint density at radius 2 is 2.15 bits per heavy atom. The first-order valence-electron chi connectivity index (χ1n) is 8.47. The van der Waals surface area contributed by atoms with Crippen molar-refractivity contribution in [3.8, 4) is 0 Å². The summed E-state index contributed by atoms with van der Waals surface area (Å²) in [6, 6.07) is 1.09. The van der Waals surface area contributed by atoms with Gasteiger partial charge in [0, 0.05) is 6.92 Å². The van der Waals surface area contributed by atoms with E-state index >= 15 is 0 Å². The number of halogens is 1. The molecule has 1 saturated heterocycles. The summed E-state index contributed by atoms with van der Waals surface area (Å²) in [5.74, 6) is -0.323. The summed E-state index contributed by atoms with van der Waals surface area (Å²) >= 11 is 2.36. The molecule has 0 radical (unpaired) electrons. The van der Waals surface area contributed by atoms with Gasteiger partial charge in [0.25, 0.3) is 0 Å². The predicted octanol–water partition coefficient (Wildman–Crippen LogP) is 4.97. The quantitative estimate of drug-likeness (QED) is 0.710. The normalized spacial score (nSPS) is 20.9. The van der Waals surface area contributed by atoms with E-state index in [0.29, 0.717) is 17.9 Å². The van der Waals surface area contributed by atoms with E-state index in [1.165, 1.54) is 24.3 Å². The number of nitrogens with zero attached hydrogens (tertiary/aromatic N) is 1. The van der Waals surface area contributed by atoms with E-state index in [1.54, 1.807) is 44.9 Å². The average Bonchev–Trinajstić information content (AvgIpc) is 2.99. The van der Waals surface area contributed by atoms with Crippen LogP contribution in [0.1, 0.15) is 58.1 Å². The maximum Gasteiger partial charge on any atom is 0.412 e. The molecule has 5 nitrogen and oxygen atoms in total. The van der Waals surface area contributed by atoms with Crippen molar-refractivity contribution in [3.63, 3.8) is 0 Å². The van der Waals surface area contributed by atoms with Crippen molar-refractivity contribution in [2.75, 3.05) is 6.61 Å². The van der Waals surface area contributed by atoms with Gasteiger partial charge in [-0.2, -0.15) is 0 Å². The summed E-state index contributed by atoms with van der Waals surface area (Å²) in [5.41, 5.74) is -1.46. The first-order chi connectivity index (χ1) is 11.9. The minimum absolute atomic E-state index is 0.0928. The topological polar surface area (TPSA) is 55.8 Å². The predicted molar refractivity (Wildman–Crippen MR) is 102 cm³/mol. The molecule has 0 saturated carbocycles. The van der Waals surface area contributed by atoms with Gasteiger partial charge >= 0.3 is 6.09 Å². The van der Waals surface area contributed by atoms with Gasteiger partial charge in [0.2, 0.25) is 0 Å². The Labute approximate surface area is 162 Å². The van der Waals surface area contributed by atoms with Gasteiger partial charge in [-0.15, -0.1) is 11.3 Å². The van der Waals surface area contributed by atoms with Gasteiger partial charge in [-0.25, -0.2) is 9.18 Å². The molecule has 26 heavy (non-hydrogen) atoms. The summed E-state index contributed by atoms with van der Waals surface area (Å²) in [6.07, 6.45) is -0.0621. The SMILES string of the molecule is CC(=O)S[C@@H](C[C@H]1COC(C)(C)N1C(=O)OC(C)(C)C)c1sccc1F. The van der Waals surface area contributed by atoms with E-state index in [0.717, 1.165) is 11.8 Å². The van der Waals surface area contributed by atoms with Gasteiger partial charge in [-0.3, -0.25) is 9.69 Å². The number of thiophene rings is 1. The van der Waals surface area contributed by atoms with E-state index in [1.807, 2.05) is 0 Å². The molecule has 0 aromatic carbocycles. The molecule has 0 bridgehead atoms. The first kappa shape index (κ1) is 21.2. The van der Waals surface area contributed by atoms with E-state index in [9.17, 15) is 14.0 Å². The minimum atomic E-state index is -0.827. The Morgan fingerprint density at radius 3 is 2.65 bits per heavy atom. The van der Waals surface area contributed by atoms with Crippen molar-refractivity contribution in [2.24, 2.45) is 0 Å². The Morgan fingerprint density at radius 1 is 1.50 bits per heavy atom. The smallest absolute Gasteiger partial charge is 0.412 e. The van der Waals surface area contributed by atoms with Crippen molar-refractivity contribution in [2.45, 2.75) is 70.6 Å². The van der Waals surface area contributed by atoms with Crippen molar-refractivity contribution >= 4 is 34.3 Å². The van der Waals surface area contributed by atoms with Crippen LogP contribution in [0.5, 0.6) is 0 Å². The van der Waals surface area contributed by atoms with E-state index < -0.39 is 17.4 Å². The van der Waals surface area contributed by atoms with E-state index in [2.05, 4.69) is 0 Å². The maximum atomic E-state index is 14.1. The molecule has 1 amide bonds. The summed E-state index contributed by atoms with van der Waals surface area (Å²) in [7, 11) is 0. The standard InChI is InChI=1S/C18H26FNO4S2/c1-11(21)26-14(15-13(19)7-8-25-15)9-12-10-23-18(5,6)20(12)16(22)24-17(2,3)4/h7-8,12,14H,9-10H2,1-6H3/t12-,14-/m0/s1. The zero-order valence-electron chi connectivity index (χ0n) is 16.0. The number of amides is 1. The largest absolute Gasteiger partial charge is 0.444 e. The zero-order chi connectivity index (χ0) is 19.7. The van der Waals surface area contributed by atoms with Gasteiger partial charge in [0.05, 0.1) is 22.8 Å². The van der Waals surface area contributed by atoms with Crippen LogP contribution in [0.2, 0.25) is 0 Å². The van der Waals surface area contributed by atoms with Crippen LogP contribution in [-0.2, 0) is 14.3 Å². The van der Waals surface area contributed by atoms with Crippen LogP contribution >= 0.6 is 23.1 Å². The molecule has 0 spiro atoms. The number of ether oxygens (including phenoxy) is 2. The molecule has 0 N–H and O–H groups in total. The summed E-state index contributed by atoms with van der Waals surface area (Å²) in [5, 5.41) is 1.20. The fourth-order valence-corrected chi connectivity index (χ4v) is 4.94. The van der Waals surface area contributed by atoms with Crippen molar-refractivity contribution in [1.82, 2.24) is 4.90 Å². The van der Waals surface area contributed by atoms with Crippen LogP contribution in [-0.4, -0.2) is 40.1 Å². The Balaban J connectivity index is 2.24. The fraction of sp³-hybridized carbons (Fsp3) is 0.667. The summed E-state index contributed by atoms with van der Waals surface area (Å²) in [6.45, 7) is 10.8. The molecular formula is C18H26FNO4S2. The second-order valence-corrected chi connectivity index (χ2v) is 10.1. The lowest BCUT2D eigenvalue weighted by atomic mass is 10.1. The van der Waals surface area contributed by atoms with Gasteiger partial charge in [0.15, 0.2) is 5.12 Å². The fourth-order valence-electron chi connectivity index (χ4n) is 2.93. The highest BCUT2D eigenvalue weighted by molar-refractivity contribution is 8.13. The van der Waals surface area contributed by atoms with Crippen LogP contribution in [0.3, 0.4) is 0 Å². The lowest BCUT2D eigenvalue weighted by molar-refractivity contribution is -0.109. The molecular weight excluding hydrogens is 377 g/mol. The summed E-state index contributed by atoms with van der Waals surface area (Å²) in [4.78, 5) is 26.5. The second kappa shape index (κ2) is 7.86. The number of hydrogen-bond acceptors (Lipinski definition) is 6. The number of carbonyl (C=O) groups is 2. The highest BCUT2D eigenvalue weighted by atomic mass is 32.2. The van der Waals surface area contributed by atoms with Crippen LogP contribution in [0.15, 0.2) is 11.4 Å². The van der Waals surface area contributed by atoms with Crippen molar-refractivity contribution in [1.29, 1.82) is 0 Å². The molecule has 146 valence electrons. The van der Waals surface area contributed by atoms with Gasteiger partial charge in [-0.1, -0.05) is 11.8 Å². The zero-order valence-corrected chi connectivity index (χ0v) is 17.6. The van der Waals surface area contributed by atoms with Crippen LogP contribution in [0, 0.1) is 5.82 Å². The van der Waals surface area contributed by atoms with Crippen molar-refractivity contribution < 1.29 is 23.5 Å². The lowest BCUT2D eigenvalue weighted by Gasteiger charge is -2.35. The molecule has 2 rings (SSSR count). The second-order valence-electron chi connectivity index (χ2n) is 7.73. The molecule has 1 aromatic rings. The highest BCUT2D eigenvalue weighted by Crippen LogP contribution is 2.42. The third-order valence-corrected chi connectivity index (χ3v) is 6.10. The van der Waals surface area contributed by atoms with Crippen LogP contribution < -0.4 is 0 Å². The molecule has 1 aliphatic rings. The Hall–Kier alpha value is -1.12. The summed E-state index contributed by atoms with van der Waals surface area (Å²) < 4.78 is 25.4. The van der Waals surface area contributed by atoms with Gasteiger partial charge < -0.3 is 9.47 Å². The Kier molecular flexibility index (Phi) is 6.40. The molecule has 2 heterocycles. The lowest BCUT2D eigenvalue weighted by Crippen LogP contribution is -2.50. The number of hydrogen-bond donors (Lipinski definition) is 0. The van der Waals surface area contributed by atoms with E-state index in [-0.39, 0.29) is 22.2 Å². The number of carbonyl (C=O) groups excluding carboxylic acids is 2. The van der Waals surface area contributed by atoms with E-state index in [4.69, 9.17) is 9.47 Å². The number of rotatable bonds is 4. The molecule has 1 fully saturated rings. The van der Waals surface area contributed by atoms with Gasteiger partial charge in [0.1, 0.15) is 17.1 Å². The van der Waals surface area contributed by atoms with Crippen LogP contribution in [0.4, 0.5) is 9.18 Å². The molecule has 0 aliphatic carbocycles. The molecule has 1 aliphatic heterocycles. The molecule has 2 atom stereocenters. The van der Waals surface area contributed by atoms with Crippen molar-refractivity contribution in [3.05, 3.63) is 22.1 Å². The Bertz CT molecular complexity index is 668. The highest BCUT2D eigenvalue weighted by Gasteiger charge is 2.46.